The molecule has 0 aliphatic carbocycles. The number of nitrogens with one attached hydrogen (secondary N) is 2. The van der Waals surface area contributed by atoms with Gasteiger partial charge in [0.25, 0.3) is 0 Å². The molecule has 21 heavy (non-hydrogen) atoms. The topological polar surface area (TPSA) is 61.4 Å². The summed E-state index contributed by atoms with van der Waals surface area (Å²) in [6.45, 7) is 0.284. The van der Waals surface area contributed by atoms with Gasteiger partial charge in [-0.1, -0.05) is 48.2 Å². The maximum Gasteiger partial charge on any atom is 0.319 e. The molecule has 0 saturated heterocycles. The van der Waals surface area contributed by atoms with E-state index >= 15 is 0 Å². The van der Waals surface area contributed by atoms with Gasteiger partial charge in [0.15, 0.2) is 0 Å². The molecule has 0 heterocycles. The molecule has 0 unspecified atom stereocenters. The van der Waals surface area contributed by atoms with Gasteiger partial charge in [0.2, 0.25) is 0 Å². The lowest BCUT2D eigenvalue weighted by Crippen LogP contribution is -2.28. The number of carbonyl (C=O) groups is 1. The first-order valence-electron chi connectivity index (χ1n) is 6.56. The molecule has 4 nitrogen and oxygen atoms in total. The highest BCUT2D eigenvalue weighted by atomic mass is 16.2. The fourth-order valence-corrected chi connectivity index (χ4v) is 1.77. The van der Waals surface area contributed by atoms with Crippen LogP contribution >= 0.6 is 0 Å². The van der Waals surface area contributed by atoms with Crippen LogP contribution in [-0.4, -0.2) is 17.7 Å². The Balaban J connectivity index is 1.90. The van der Waals surface area contributed by atoms with Gasteiger partial charge in [-0.25, -0.2) is 4.79 Å². The maximum atomic E-state index is 11.8. The minimum atomic E-state index is -0.272. The monoisotopic (exact) mass is 280 g/mol. The molecular weight excluding hydrogens is 264 g/mol. The van der Waals surface area contributed by atoms with E-state index in [1.807, 2.05) is 36.4 Å². The third-order valence-electron chi connectivity index (χ3n) is 2.73. The van der Waals surface area contributed by atoms with E-state index in [0.717, 1.165) is 11.1 Å². The van der Waals surface area contributed by atoms with Crippen LogP contribution in [-0.2, 0) is 6.54 Å². The fourth-order valence-electron chi connectivity index (χ4n) is 1.77. The van der Waals surface area contributed by atoms with Crippen molar-refractivity contribution in [1.82, 2.24) is 5.32 Å². The second-order valence-electron chi connectivity index (χ2n) is 4.33. The van der Waals surface area contributed by atoms with Crippen molar-refractivity contribution in [2.24, 2.45) is 0 Å². The predicted octanol–water partition coefficient (Wildman–Crippen LogP) is 2.35. The molecule has 2 aromatic rings. The average molecular weight is 280 g/mol. The molecule has 0 bridgehead atoms. The van der Waals surface area contributed by atoms with Crippen LogP contribution in [0.25, 0.3) is 0 Å². The van der Waals surface area contributed by atoms with Gasteiger partial charge in [-0.15, -0.1) is 0 Å². The van der Waals surface area contributed by atoms with Crippen LogP contribution in [0.15, 0.2) is 54.6 Å². The smallest absolute Gasteiger partial charge is 0.319 e. The van der Waals surface area contributed by atoms with E-state index in [2.05, 4.69) is 22.5 Å². The maximum absolute atomic E-state index is 11.8. The van der Waals surface area contributed by atoms with Crippen LogP contribution in [0.5, 0.6) is 0 Å². The Morgan fingerprint density at radius 3 is 2.67 bits per heavy atom. The molecule has 0 radical (unpaired) electrons. The van der Waals surface area contributed by atoms with Gasteiger partial charge >= 0.3 is 6.03 Å². The van der Waals surface area contributed by atoms with E-state index in [1.54, 1.807) is 18.2 Å². The lowest BCUT2D eigenvalue weighted by Gasteiger charge is -2.08. The largest absolute Gasteiger partial charge is 0.384 e. The normalized spacial score (nSPS) is 9.38. The Kier molecular flexibility index (Phi) is 5.39. The van der Waals surface area contributed by atoms with Crippen molar-refractivity contribution >= 4 is 11.7 Å². The zero-order valence-electron chi connectivity index (χ0n) is 11.5. The fraction of sp³-hybridized carbons (Fsp3) is 0.118. The third kappa shape index (κ3) is 5.01. The molecule has 0 spiro atoms. The summed E-state index contributed by atoms with van der Waals surface area (Å²) in [5, 5.41) is 14.2. The molecule has 0 aromatic heterocycles. The minimum Gasteiger partial charge on any atom is -0.384 e. The Morgan fingerprint density at radius 1 is 1.10 bits per heavy atom. The first-order valence-corrected chi connectivity index (χ1v) is 6.56. The minimum absolute atomic E-state index is 0.185. The number of benzene rings is 2. The number of hydrogen-bond acceptors (Lipinski definition) is 2. The molecule has 3 N–H and O–H groups in total. The second-order valence-corrected chi connectivity index (χ2v) is 4.33. The summed E-state index contributed by atoms with van der Waals surface area (Å²) in [5.41, 5.74) is 2.44. The molecular formula is C17H16N2O2. The van der Waals surface area contributed by atoms with E-state index in [4.69, 9.17) is 5.11 Å². The quantitative estimate of drug-likeness (QED) is 0.756. The molecule has 0 saturated carbocycles. The Labute approximate surface area is 123 Å². The number of aliphatic hydroxyl groups excluding tert-OH is 1. The molecule has 0 fully saturated rings. The Hall–Kier alpha value is -2.77. The number of amides is 2. The van der Waals surface area contributed by atoms with E-state index in [0.29, 0.717) is 12.2 Å². The van der Waals surface area contributed by atoms with Crippen LogP contribution in [0, 0.1) is 11.8 Å². The zero-order valence-corrected chi connectivity index (χ0v) is 11.5. The van der Waals surface area contributed by atoms with Crippen LogP contribution in [0.3, 0.4) is 0 Å². The molecule has 2 amide bonds. The van der Waals surface area contributed by atoms with E-state index in [1.165, 1.54) is 0 Å². The second kappa shape index (κ2) is 7.73. The van der Waals surface area contributed by atoms with Crippen molar-refractivity contribution in [1.29, 1.82) is 0 Å². The third-order valence-corrected chi connectivity index (χ3v) is 2.73. The number of hydrogen-bond donors (Lipinski definition) is 3. The van der Waals surface area contributed by atoms with E-state index in [9.17, 15) is 4.79 Å². The van der Waals surface area contributed by atoms with Crippen molar-refractivity contribution in [3.8, 4) is 11.8 Å². The van der Waals surface area contributed by atoms with Crippen LogP contribution in [0.2, 0.25) is 0 Å². The molecule has 2 rings (SSSR count). The first kappa shape index (κ1) is 14.6. The van der Waals surface area contributed by atoms with Crippen molar-refractivity contribution in [3.05, 3.63) is 65.7 Å². The summed E-state index contributed by atoms with van der Waals surface area (Å²) in [7, 11) is 0. The molecule has 0 atom stereocenters. The van der Waals surface area contributed by atoms with E-state index in [-0.39, 0.29) is 12.6 Å². The SMILES string of the molecule is O=C(NCc1ccccc1)Nc1cccc(C#CCO)c1. The molecule has 2 aromatic carbocycles. The summed E-state index contributed by atoms with van der Waals surface area (Å²) >= 11 is 0. The number of carbonyl (C=O) groups excluding carboxylic acids is 1. The van der Waals surface area contributed by atoms with Gasteiger partial charge in [-0.2, -0.15) is 0 Å². The number of aliphatic hydroxyl groups is 1. The standard InChI is InChI=1S/C17H16N2O2/c20-11-5-9-14-8-4-10-16(12-14)19-17(21)18-13-15-6-2-1-3-7-15/h1-4,6-8,10,12,20H,11,13H2,(H2,18,19,21). The summed E-state index contributed by atoms with van der Waals surface area (Å²) in [6.07, 6.45) is 0. The molecule has 0 aliphatic rings. The highest BCUT2D eigenvalue weighted by Crippen LogP contribution is 2.09. The number of anilines is 1. The van der Waals surface area contributed by atoms with Gasteiger partial charge in [0, 0.05) is 17.8 Å². The highest BCUT2D eigenvalue weighted by molar-refractivity contribution is 5.89. The summed E-state index contributed by atoms with van der Waals surface area (Å²) in [4.78, 5) is 11.8. The Bertz CT molecular complexity index is 657. The van der Waals surface area contributed by atoms with Gasteiger partial charge in [-0.3, -0.25) is 0 Å². The van der Waals surface area contributed by atoms with Gasteiger partial charge in [-0.05, 0) is 23.8 Å². The number of urea groups is 1. The van der Waals surface area contributed by atoms with Crippen LogP contribution in [0.4, 0.5) is 10.5 Å². The molecule has 0 aliphatic heterocycles. The molecule has 4 heteroatoms. The zero-order chi connectivity index (χ0) is 14.9. The lowest BCUT2D eigenvalue weighted by molar-refractivity contribution is 0.251. The van der Waals surface area contributed by atoms with Crippen molar-refractivity contribution in [3.63, 3.8) is 0 Å². The predicted molar refractivity (Wildman–Crippen MR) is 82.7 cm³/mol. The lowest BCUT2D eigenvalue weighted by atomic mass is 10.2. The Morgan fingerprint density at radius 2 is 1.90 bits per heavy atom. The van der Waals surface area contributed by atoms with Crippen LogP contribution in [0.1, 0.15) is 11.1 Å². The summed E-state index contributed by atoms with van der Waals surface area (Å²) in [6, 6.07) is 16.6. The average Bonchev–Trinajstić information content (AvgIpc) is 2.52. The summed E-state index contributed by atoms with van der Waals surface area (Å²) in [5.74, 6) is 5.36. The highest BCUT2D eigenvalue weighted by Gasteiger charge is 2.01. The van der Waals surface area contributed by atoms with Gasteiger partial charge < -0.3 is 15.7 Å². The number of rotatable bonds is 3. The van der Waals surface area contributed by atoms with Gasteiger partial charge in [0.05, 0.1) is 0 Å². The van der Waals surface area contributed by atoms with Crippen molar-refractivity contribution in [2.45, 2.75) is 6.54 Å². The summed E-state index contributed by atoms with van der Waals surface area (Å²) < 4.78 is 0. The van der Waals surface area contributed by atoms with E-state index < -0.39 is 0 Å². The van der Waals surface area contributed by atoms with Crippen molar-refractivity contribution in [2.75, 3.05) is 11.9 Å². The van der Waals surface area contributed by atoms with Crippen molar-refractivity contribution < 1.29 is 9.90 Å². The van der Waals surface area contributed by atoms with Crippen LogP contribution < -0.4 is 10.6 Å². The van der Waals surface area contributed by atoms with Gasteiger partial charge in [0.1, 0.15) is 6.61 Å². The first-order chi connectivity index (χ1) is 10.3. The molecule has 106 valence electrons.